The summed E-state index contributed by atoms with van der Waals surface area (Å²) >= 11 is 0. The van der Waals surface area contributed by atoms with Gasteiger partial charge >= 0.3 is 5.97 Å². The molecule has 0 spiro atoms. The van der Waals surface area contributed by atoms with E-state index in [9.17, 15) is 4.79 Å². The highest BCUT2D eigenvalue weighted by Crippen LogP contribution is 1.96. The molecule has 0 fully saturated rings. The van der Waals surface area contributed by atoms with Crippen LogP contribution in [-0.2, 0) is 9.53 Å². The minimum Gasteiger partial charge on any atom is -0.435 e. The Balaban J connectivity index is 3.43. The van der Waals surface area contributed by atoms with Gasteiger partial charge in [0.15, 0.2) is 0 Å². The summed E-state index contributed by atoms with van der Waals surface area (Å²) < 4.78 is 4.86. The topological polar surface area (TPSA) is 26.3 Å². The quantitative estimate of drug-likeness (QED) is 0.269. The molecule has 0 atom stereocenters. The van der Waals surface area contributed by atoms with Gasteiger partial charge in [-0.25, -0.2) is 0 Å². The number of hydrogen-bond donors (Lipinski definition) is 0. The molecule has 0 aliphatic rings. The first-order valence-corrected chi connectivity index (χ1v) is 5.30. The van der Waals surface area contributed by atoms with Crippen LogP contribution in [0.25, 0.3) is 0 Å². The van der Waals surface area contributed by atoms with E-state index in [1.807, 2.05) is 25.2 Å². The van der Waals surface area contributed by atoms with Crippen molar-refractivity contribution < 1.29 is 9.53 Å². The smallest absolute Gasteiger partial charge is 0.314 e. The molecule has 0 saturated heterocycles. The summed E-state index contributed by atoms with van der Waals surface area (Å²) in [5.74, 6) is -0.192. The van der Waals surface area contributed by atoms with E-state index in [0.29, 0.717) is 6.42 Å². The second-order valence-electron chi connectivity index (χ2n) is 3.09. The SMILES string of the molecule is CCC=CCC(=O)OC=CCCCC. The van der Waals surface area contributed by atoms with Gasteiger partial charge in [0.2, 0.25) is 0 Å². The van der Waals surface area contributed by atoms with Crippen molar-refractivity contribution >= 4 is 5.97 Å². The standard InChI is InChI=1S/C12H20O2/c1-3-5-7-9-11-14-12(13)10-8-6-4-2/h6,8-9,11H,3-5,7,10H2,1-2H3. The Labute approximate surface area is 86.6 Å². The Morgan fingerprint density at radius 2 is 2.00 bits per heavy atom. The first kappa shape index (κ1) is 12.9. The summed E-state index contributed by atoms with van der Waals surface area (Å²) in [5.41, 5.74) is 0. The zero-order chi connectivity index (χ0) is 10.6. The van der Waals surface area contributed by atoms with Crippen molar-refractivity contribution in [3.8, 4) is 0 Å². The maximum Gasteiger partial charge on any atom is 0.314 e. The molecule has 0 aromatic heterocycles. The van der Waals surface area contributed by atoms with Crippen molar-refractivity contribution in [2.24, 2.45) is 0 Å². The van der Waals surface area contributed by atoms with E-state index in [2.05, 4.69) is 6.92 Å². The molecule has 0 aliphatic carbocycles. The van der Waals surface area contributed by atoms with Crippen molar-refractivity contribution in [1.82, 2.24) is 0 Å². The number of hydrogen-bond acceptors (Lipinski definition) is 2. The number of carbonyl (C=O) groups excluding carboxylic acids is 1. The third kappa shape index (κ3) is 9.04. The summed E-state index contributed by atoms with van der Waals surface area (Å²) in [6.07, 6.45) is 11.8. The van der Waals surface area contributed by atoms with Crippen molar-refractivity contribution in [2.45, 2.75) is 46.0 Å². The number of carbonyl (C=O) groups is 1. The first-order valence-electron chi connectivity index (χ1n) is 5.30. The molecule has 2 heteroatoms. The van der Waals surface area contributed by atoms with E-state index in [1.165, 1.54) is 6.26 Å². The van der Waals surface area contributed by atoms with Gasteiger partial charge in [0.1, 0.15) is 0 Å². The van der Waals surface area contributed by atoms with Crippen LogP contribution in [-0.4, -0.2) is 5.97 Å². The van der Waals surface area contributed by atoms with Crippen molar-refractivity contribution in [1.29, 1.82) is 0 Å². The molecule has 0 amide bonds. The molecule has 0 aromatic carbocycles. The molecule has 0 saturated carbocycles. The van der Waals surface area contributed by atoms with Crippen molar-refractivity contribution in [3.05, 3.63) is 24.5 Å². The Bertz CT molecular complexity index is 192. The van der Waals surface area contributed by atoms with Crippen LogP contribution in [0, 0.1) is 0 Å². The number of unbranched alkanes of at least 4 members (excludes halogenated alkanes) is 2. The zero-order valence-corrected chi connectivity index (χ0v) is 9.16. The molecule has 0 rings (SSSR count). The van der Waals surface area contributed by atoms with E-state index >= 15 is 0 Å². The third-order valence-electron chi connectivity index (χ3n) is 1.71. The van der Waals surface area contributed by atoms with E-state index in [1.54, 1.807) is 0 Å². The maximum absolute atomic E-state index is 11.0. The fourth-order valence-corrected chi connectivity index (χ4v) is 0.908. The van der Waals surface area contributed by atoms with Crippen LogP contribution in [0.1, 0.15) is 46.0 Å². The average Bonchev–Trinajstić information content (AvgIpc) is 2.18. The summed E-state index contributed by atoms with van der Waals surface area (Å²) in [7, 11) is 0. The molecule has 0 heterocycles. The van der Waals surface area contributed by atoms with E-state index in [-0.39, 0.29) is 5.97 Å². The summed E-state index contributed by atoms with van der Waals surface area (Å²) in [5, 5.41) is 0. The highest BCUT2D eigenvalue weighted by molar-refractivity contribution is 5.71. The van der Waals surface area contributed by atoms with E-state index in [0.717, 1.165) is 25.7 Å². The lowest BCUT2D eigenvalue weighted by atomic mass is 10.2. The Kier molecular flexibility index (Phi) is 9.28. The predicted octanol–water partition coefficient (Wildman–Crippen LogP) is 3.59. The van der Waals surface area contributed by atoms with Crippen LogP contribution in [0.4, 0.5) is 0 Å². The molecule has 0 bridgehead atoms. The average molecular weight is 196 g/mol. The lowest BCUT2D eigenvalue weighted by Crippen LogP contribution is -1.96. The number of ether oxygens (including phenoxy) is 1. The minimum atomic E-state index is -0.192. The Morgan fingerprint density at radius 3 is 2.64 bits per heavy atom. The molecular formula is C12H20O2. The number of rotatable bonds is 7. The Hall–Kier alpha value is -1.05. The second-order valence-corrected chi connectivity index (χ2v) is 3.09. The molecule has 0 N–H and O–H groups in total. The molecular weight excluding hydrogens is 176 g/mol. The highest BCUT2D eigenvalue weighted by atomic mass is 16.5. The maximum atomic E-state index is 11.0. The Morgan fingerprint density at radius 1 is 1.21 bits per heavy atom. The summed E-state index contributed by atoms with van der Waals surface area (Å²) in [6.45, 7) is 4.17. The highest BCUT2D eigenvalue weighted by Gasteiger charge is 1.94. The van der Waals surface area contributed by atoms with Gasteiger partial charge in [0.05, 0.1) is 12.7 Å². The molecule has 2 nitrogen and oxygen atoms in total. The van der Waals surface area contributed by atoms with Gasteiger partial charge in [-0.15, -0.1) is 0 Å². The first-order chi connectivity index (χ1) is 6.81. The monoisotopic (exact) mass is 196 g/mol. The fourth-order valence-electron chi connectivity index (χ4n) is 0.908. The van der Waals surface area contributed by atoms with Crippen LogP contribution < -0.4 is 0 Å². The van der Waals surface area contributed by atoms with Gasteiger partial charge in [-0.2, -0.15) is 0 Å². The van der Waals surface area contributed by atoms with Crippen LogP contribution >= 0.6 is 0 Å². The molecule has 0 unspecified atom stereocenters. The minimum absolute atomic E-state index is 0.192. The lowest BCUT2D eigenvalue weighted by molar-refractivity contribution is -0.137. The largest absolute Gasteiger partial charge is 0.435 e. The van der Waals surface area contributed by atoms with Crippen molar-refractivity contribution in [2.75, 3.05) is 0 Å². The van der Waals surface area contributed by atoms with Crippen LogP contribution in [0.3, 0.4) is 0 Å². The normalized spacial score (nSPS) is 11.3. The third-order valence-corrected chi connectivity index (χ3v) is 1.71. The van der Waals surface area contributed by atoms with Crippen LogP contribution in [0.2, 0.25) is 0 Å². The molecule has 0 radical (unpaired) electrons. The van der Waals surface area contributed by atoms with Gasteiger partial charge in [-0.05, 0) is 25.3 Å². The molecule has 0 aromatic rings. The lowest BCUT2D eigenvalue weighted by Gasteiger charge is -1.94. The molecule has 0 aliphatic heterocycles. The molecule has 80 valence electrons. The van der Waals surface area contributed by atoms with Gasteiger partial charge in [0.25, 0.3) is 0 Å². The summed E-state index contributed by atoms with van der Waals surface area (Å²) in [4.78, 5) is 11.0. The predicted molar refractivity (Wildman–Crippen MR) is 58.8 cm³/mol. The fraction of sp³-hybridized carbons (Fsp3) is 0.583. The van der Waals surface area contributed by atoms with Gasteiger partial charge in [-0.3, -0.25) is 4.79 Å². The zero-order valence-electron chi connectivity index (χ0n) is 9.16. The summed E-state index contributed by atoms with van der Waals surface area (Å²) in [6, 6.07) is 0. The van der Waals surface area contributed by atoms with Crippen LogP contribution in [0.15, 0.2) is 24.5 Å². The number of allylic oxidation sites excluding steroid dienone is 2. The number of esters is 1. The van der Waals surface area contributed by atoms with E-state index < -0.39 is 0 Å². The molecule has 14 heavy (non-hydrogen) atoms. The van der Waals surface area contributed by atoms with E-state index in [4.69, 9.17) is 4.74 Å². The van der Waals surface area contributed by atoms with Gasteiger partial charge in [-0.1, -0.05) is 32.4 Å². The van der Waals surface area contributed by atoms with Gasteiger partial charge < -0.3 is 4.74 Å². The second kappa shape index (κ2) is 10.0. The van der Waals surface area contributed by atoms with Crippen molar-refractivity contribution in [3.63, 3.8) is 0 Å². The van der Waals surface area contributed by atoms with Crippen LogP contribution in [0.5, 0.6) is 0 Å². The van der Waals surface area contributed by atoms with Gasteiger partial charge in [0, 0.05) is 0 Å².